The Balaban J connectivity index is 3.00. The molecule has 0 fully saturated rings. The lowest BCUT2D eigenvalue weighted by Gasteiger charge is -2.03. The van der Waals surface area contributed by atoms with Crippen LogP contribution in [0, 0.1) is 0 Å². The van der Waals surface area contributed by atoms with E-state index in [4.69, 9.17) is 5.02 Å². The summed E-state index contributed by atoms with van der Waals surface area (Å²) in [5, 5.41) is 8.53. The van der Waals surface area contributed by atoms with Crippen LogP contribution in [0.25, 0.3) is 0 Å². The highest BCUT2D eigenvalue weighted by atomic mass is 19.1. The zero-order valence-corrected chi connectivity index (χ0v) is 5.43. The monoisotopic (exact) mass is 154 g/mol. The first-order chi connectivity index (χ1) is 4.81. The van der Waals surface area contributed by atoms with Crippen LogP contribution in [0.3, 0.4) is 0 Å². The van der Waals surface area contributed by atoms with Gasteiger partial charge in [-0.25, -0.2) is 8.78 Å². The van der Waals surface area contributed by atoms with Gasteiger partial charge in [-0.05, 0) is 0 Å². The van der Waals surface area contributed by atoms with Gasteiger partial charge in [-0.15, -0.1) is 0 Å². The molecule has 0 radical (unpaired) electrons. The molecule has 0 saturated carbocycles. The molecule has 0 heterocycles. The molecule has 0 bridgehead atoms. The van der Waals surface area contributed by atoms with Gasteiger partial charge in [0.25, 0.3) is 0 Å². The number of hydrogen-bond acceptors (Lipinski definition) is 3. The fraction of sp³-hybridized carbons (Fsp3) is 1.00. The molecule has 10 heavy (non-hydrogen) atoms. The largest absolute Gasteiger partial charge is 0.636 e. The molecule has 0 aliphatic rings. The van der Waals surface area contributed by atoms with Crippen LogP contribution >= 0.6 is 0 Å². The van der Waals surface area contributed by atoms with E-state index in [1.807, 2.05) is 0 Å². The van der Waals surface area contributed by atoms with Crippen molar-refractivity contribution in [2.24, 2.45) is 0 Å². The van der Waals surface area contributed by atoms with Crippen molar-refractivity contribution in [3.8, 4) is 0 Å². The van der Waals surface area contributed by atoms with Gasteiger partial charge in [0.1, 0.15) is 13.3 Å². The molecule has 0 amide bonds. The van der Waals surface area contributed by atoms with Crippen LogP contribution in [0.1, 0.15) is 0 Å². The quantitative estimate of drug-likeness (QED) is 0.544. The van der Waals surface area contributed by atoms with Crippen LogP contribution in [-0.4, -0.2) is 38.9 Å². The lowest BCUT2D eigenvalue weighted by Crippen LogP contribution is -2.24. The molecule has 0 aliphatic heterocycles. The van der Waals surface area contributed by atoms with Crippen molar-refractivity contribution in [3.05, 3.63) is 0 Å². The second-order valence-electron chi connectivity index (χ2n) is 1.43. The summed E-state index contributed by atoms with van der Waals surface area (Å²) in [6.07, 6.45) is 0. The topological polar surface area (TPSA) is 38.7 Å². The maximum atomic E-state index is 11.3. The molecule has 60 valence electrons. The summed E-state index contributed by atoms with van der Waals surface area (Å²) in [6.45, 7) is -1.88. The Morgan fingerprint density at radius 3 is 1.80 bits per heavy atom. The normalized spacial score (nSPS) is 9.90. The van der Waals surface area contributed by atoms with Crippen LogP contribution in [0.4, 0.5) is 8.78 Å². The molecule has 0 saturated heterocycles. The summed E-state index contributed by atoms with van der Waals surface area (Å²) in [4.78, 5) is 0. The van der Waals surface area contributed by atoms with Crippen molar-refractivity contribution >= 4 is 7.32 Å². The maximum Gasteiger partial charge on any atom is 0.636 e. The molecule has 0 unspecified atom stereocenters. The second kappa shape index (κ2) is 6.92. The third kappa shape index (κ3) is 5.93. The first-order valence-electron chi connectivity index (χ1n) is 2.84. The average molecular weight is 154 g/mol. The zero-order chi connectivity index (χ0) is 7.82. The van der Waals surface area contributed by atoms with E-state index in [-0.39, 0.29) is 13.2 Å². The smallest absolute Gasteiger partial charge is 0.402 e. The highest BCUT2D eigenvalue weighted by molar-refractivity contribution is 6.34. The fourth-order valence-corrected chi connectivity index (χ4v) is 0.339. The molecule has 0 aliphatic carbocycles. The third-order valence-electron chi connectivity index (χ3n) is 0.675. The summed E-state index contributed by atoms with van der Waals surface area (Å²) >= 11 is 0. The second-order valence-corrected chi connectivity index (χ2v) is 1.43. The Morgan fingerprint density at radius 2 is 1.50 bits per heavy atom. The Labute approximate surface area is 58.1 Å². The van der Waals surface area contributed by atoms with E-state index in [0.29, 0.717) is 0 Å². The van der Waals surface area contributed by atoms with Crippen molar-refractivity contribution in [3.63, 3.8) is 0 Å². The number of alkyl halides is 2. The lowest BCUT2D eigenvalue weighted by atomic mass is 10.2. The number of rotatable bonds is 6. The molecule has 0 rings (SSSR count). The number of hydrogen-bond donors (Lipinski definition) is 1. The van der Waals surface area contributed by atoms with Crippen molar-refractivity contribution in [1.82, 2.24) is 0 Å². The van der Waals surface area contributed by atoms with E-state index >= 15 is 0 Å². The van der Waals surface area contributed by atoms with E-state index in [9.17, 15) is 8.78 Å². The first-order valence-corrected chi connectivity index (χ1v) is 2.84. The van der Waals surface area contributed by atoms with Crippen LogP contribution in [-0.2, 0) is 9.31 Å². The third-order valence-corrected chi connectivity index (χ3v) is 0.675. The van der Waals surface area contributed by atoms with Crippen molar-refractivity contribution in [1.29, 1.82) is 0 Å². The van der Waals surface area contributed by atoms with Crippen molar-refractivity contribution in [2.75, 3.05) is 26.6 Å². The van der Waals surface area contributed by atoms with Gasteiger partial charge in [0.05, 0.1) is 13.2 Å². The predicted molar refractivity (Wildman–Crippen MR) is 31.8 cm³/mol. The highest BCUT2D eigenvalue weighted by Crippen LogP contribution is 1.85. The van der Waals surface area contributed by atoms with Gasteiger partial charge in [0.15, 0.2) is 0 Å². The minimum atomic E-state index is -1.51. The molecular weight excluding hydrogens is 145 g/mol. The summed E-state index contributed by atoms with van der Waals surface area (Å²) in [6, 6.07) is 0. The average Bonchev–Trinajstić information content (AvgIpc) is 1.97. The molecule has 1 N–H and O–H groups in total. The van der Waals surface area contributed by atoms with E-state index < -0.39 is 20.7 Å². The van der Waals surface area contributed by atoms with Gasteiger partial charge in [0.2, 0.25) is 0 Å². The maximum absolute atomic E-state index is 11.3. The van der Waals surface area contributed by atoms with Crippen LogP contribution in [0.15, 0.2) is 0 Å². The molecule has 0 atom stereocenters. The zero-order valence-electron chi connectivity index (χ0n) is 5.43. The van der Waals surface area contributed by atoms with Gasteiger partial charge in [0, 0.05) is 0 Å². The van der Waals surface area contributed by atoms with Gasteiger partial charge < -0.3 is 14.3 Å². The molecule has 0 spiro atoms. The Kier molecular flexibility index (Phi) is 6.78. The summed E-state index contributed by atoms with van der Waals surface area (Å²) in [5.74, 6) is 0. The SMILES string of the molecule is OB(OCCF)OCCF. The molecule has 0 aromatic rings. The fourth-order valence-electron chi connectivity index (χ4n) is 0.339. The standard InChI is InChI=1S/C4H9BF2O3/c6-1-3-9-5(8)10-4-2-7/h8H,1-4H2. The molecule has 0 aromatic carbocycles. The van der Waals surface area contributed by atoms with E-state index in [1.54, 1.807) is 0 Å². The minimum Gasteiger partial charge on any atom is -0.402 e. The van der Waals surface area contributed by atoms with Gasteiger partial charge in [-0.1, -0.05) is 0 Å². The van der Waals surface area contributed by atoms with Gasteiger partial charge >= 0.3 is 7.32 Å². The molecule has 3 nitrogen and oxygen atoms in total. The Bertz CT molecular complexity index is 67.5. The molecule has 6 heteroatoms. The summed E-state index contributed by atoms with van der Waals surface area (Å²) in [5.41, 5.74) is 0. The molecule has 0 aromatic heterocycles. The van der Waals surface area contributed by atoms with Crippen molar-refractivity contribution < 1.29 is 23.1 Å². The van der Waals surface area contributed by atoms with Crippen LogP contribution < -0.4 is 0 Å². The Morgan fingerprint density at radius 1 is 1.10 bits per heavy atom. The molecular formula is C4H9BF2O3. The first kappa shape index (κ1) is 9.80. The lowest BCUT2D eigenvalue weighted by molar-refractivity contribution is 0.118. The van der Waals surface area contributed by atoms with Crippen LogP contribution in [0.5, 0.6) is 0 Å². The Hall–Kier alpha value is -0.195. The highest BCUT2D eigenvalue weighted by Gasteiger charge is 2.13. The summed E-state index contributed by atoms with van der Waals surface area (Å²) < 4.78 is 31.2. The van der Waals surface area contributed by atoms with Gasteiger partial charge in [-0.3, -0.25) is 0 Å². The summed E-state index contributed by atoms with van der Waals surface area (Å²) in [7, 11) is -1.51. The minimum absolute atomic E-state index is 0.243. The van der Waals surface area contributed by atoms with E-state index in [1.165, 1.54) is 0 Å². The predicted octanol–water partition coefficient (Wildman–Crippen LogP) is -0.0642. The van der Waals surface area contributed by atoms with Crippen LogP contribution in [0.2, 0.25) is 0 Å². The van der Waals surface area contributed by atoms with Gasteiger partial charge in [-0.2, -0.15) is 0 Å². The van der Waals surface area contributed by atoms with Crippen molar-refractivity contribution in [2.45, 2.75) is 0 Å². The van der Waals surface area contributed by atoms with E-state index in [0.717, 1.165) is 0 Å². The number of halogens is 2. The van der Waals surface area contributed by atoms with E-state index in [2.05, 4.69) is 9.31 Å².